The van der Waals surface area contributed by atoms with Crippen LogP contribution in [-0.2, 0) is 6.54 Å². The van der Waals surface area contributed by atoms with Crippen LogP contribution < -0.4 is 4.90 Å². The maximum atomic E-state index is 5.06. The Bertz CT molecular complexity index is 3990. The van der Waals surface area contributed by atoms with E-state index in [9.17, 15) is 0 Å². The van der Waals surface area contributed by atoms with E-state index in [1.807, 2.05) is 11.3 Å². The predicted octanol–water partition coefficient (Wildman–Crippen LogP) is 16.7. The highest BCUT2D eigenvalue weighted by molar-refractivity contribution is 7.25. The number of nitrogens with zero attached hydrogens (tertiary/aromatic N) is 3. The Labute approximate surface area is 373 Å². The lowest BCUT2D eigenvalue weighted by molar-refractivity contribution is 0.961. The average Bonchev–Trinajstić information content (AvgIpc) is 3.91. The molecule has 14 rings (SSSR count). The normalized spacial score (nSPS) is 12.6. The number of rotatable bonds is 4. The first kappa shape index (κ1) is 35.5. The number of benzene rings is 10. The minimum atomic E-state index is 0.797. The second-order valence-corrected chi connectivity index (χ2v) is 18.2. The van der Waals surface area contributed by atoms with Gasteiger partial charge in [0.05, 0.1) is 21.4 Å². The van der Waals surface area contributed by atoms with Crippen LogP contribution in [0.3, 0.4) is 0 Å². The summed E-state index contributed by atoms with van der Waals surface area (Å²) in [4.78, 5) is 7.56. The average molecular weight is 832 g/mol. The Kier molecular flexibility index (Phi) is 7.62. The summed E-state index contributed by atoms with van der Waals surface area (Å²) in [6.07, 6.45) is 2.07. The smallest absolute Gasteiger partial charge is 0.0709 e. The van der Waals surface area contributed by atoms with Gasteiger partial charge in [0.15, 0.2) is 0 Å². The highest BCUT2D eigenvalue weighted by Gasteiger charge is 2.25. The molecule has 0 amide bonds. The highest BCUT2D eigenvalue weighted by atomic mass is 32.1. The maximum absolute atomic E-state index is 5.06. The van der Waals surface area contributed by atoms with E-state index in [-0.39, 0.29) is 0 Å². The molecule has 0 spiro atoms. The van der Waals surface area contributed by atoms with E-state index < -0.39 is 0 Å². The van der Waals surface area contributed by atoms with Gasteiger partial charge in [0, 0.05) is 67.2 Å². The van der Waals surface area contributed by atoms with Gasteiger partial charge in [-0.05, 0) is 121 Å². The van der Waals surface area contributed by atoms with Crippen LogP contribution >= 0.6 is 11.3 Å². The summed E-state index contributed by atoms with van der Waals surface area (Å²) in [7, 11) is 0. The zero-order valence-corrected chi connectivity index (χ0v) is 35.5. The standard InChI is InChI=1S/C60H37N3S/c1-2-15-43-40(12-1)36-62(56-28-25-42(33-52(43)56)63-57-22-9-7-20-49(57)50-21-8-10-23-58(50)63)41-26-29-59-53(32-41)54-34-55(61-35-60(54)64-59)39-14-11-13-37(30-39)38-24-27-48-46-18-4-3-16-44(46)45-17-5-6-19-47(45)51(48)31-38/h1-35H,36H2. The number of pyridine rings is 1. The van der Waals surface area contributed by atoms with Crippen molar-refractivity contribution in [1.82, 2.24) is 9.55 Å². The molecule has 10 aromatic carbocycles. The van der Waals surface area contributed by atoms with Crippen LogP contribution in [-0.4, -0.2) is 9.55 Å². The summed E-state index contributed by atoms with van der Waals surface area (Å²) in [5, 5.41) is 12.8. The molecule has 0 atom stereocenters. The van der Waals surface area contributed by atoms with Crippen molar-refractivity contribution in [3.63, 3.8) is 0 Å². The van der Waals surface area contributed by atoms with Crippen LogP contribution in [0.25, 0.3) is 113 Å². The molecule has 4 heterocycles. The van der Waals surface area contributed by atoms with E-state index in [4.69, 9.17) is 4.98 Å². The lowest BCUT2D eigenvalue weighted by Gasteiger charge is -2.33. The van der Waals surface area contributed by atoms with Gasteiger partial charge in [0.1, 0.15) is 0 Å². The Morgan fingerprint density at radius 3 is 1.75 bits per heavy atom. The molecular formula is C60H37N3S. The number of para-hydroxylation sites is 2. The molecular weight excluding hydrogens is 795 g/mol. The minimum absolute atomic E-state index is 0.797. The second kappa shape index (κ2) is 13.7. The molecule has 3 aromatic heterocycles. The lowest BCUT2D eigenvalue weighted by Crippen LogP contribution is -2.21. The highest BCUT2D eigenvalue weighted by Crippen LogP contribution is 2.47. The van der Waals surface area contributed by atoms with Gasteiger partial charge < -0.3 is 9.47 Å². The Morgan fingerprint density at radius 1 is 0.375 bits per heavy atom. The third kappa shape index (κ3) is 5.30. The molecule has 64 heavy (non-hydrogen) atoms. The fourth-order valence-corrected chi connectivity index (χ4v) is 11.7. The molecule has 3 nitrogen and oxygen atoms in total. The monoisotopic (exact) mass is 831 g/mol. The summed E-state index contributed by atoms with van der Waals surface area (Å²) < 4.78 is 4.88. The topological polar surface area (TPSA) is 21.1 Å². The molecule has 0 radical (unpaired) electrons. The van der Waals surface area contributed by atoms with Gasteiger partial charge in [0.2, 0.25) is 0 Å². The number of aromatic nitrogens is 2. The van der Waals surface area contributed by atoms with Crippen molar-refractivity contribution in [2.75, 3.05) is 4.90 Å². The van der Waals surface area contributed by atoms with Gasteiger partial charge in [-0.2, -0.15) is 0 Å². The first-order valence-electron chi connectivity index (χ1n) is 22.0. The van der Waals surface area contributed by atoms with E-state index in [1.165, 1.54) is 119 Å². The van der Waals surface area contributed by atoms with Crippen LogP contribution in [0.5, 0.6) is 0 Å². The number of thiophene rings is 1. The molecule has 0 N–H and O–H groups in total. The zero-order valence-electron chi connectivity index (χ0n) is 34.7. The molecule has 0 unspecified atom stereocenters. The SMILES string of the molecule is c1cc(-c2ccc3c4ccccc4c4ccccc4c3c2)cc(-c2cc3c(cn2)sc2ccc(N4Cc5ccccc5-c5cc(-n6c7ccccc7c7ccccc76)ccc54)cc23)c1. The summed E-state index contributed by atoms with van der Waals surface area (Å²) in [5.41, 5.74) is 14.3. The predicted molar refractivity (Wildman–Crippen MR) is 273 cm³/mol. The molecule has 0 fully saturated rings. The number of hydrogen-bond acceptors (Lipinski definition) is 3. The van der Waals surface area contributed by atoms with E-state index in [2.05, 4.69) is 222 Å². The summed E-state index contributed by atoms with van der Waals surface area (Å²) in [6.45, 7) is 0.797. The third-order valence-electron chi connectivity index (χ3n) is 13.6. The molecule has 1 aliphatic rings. The van der Waals surface area contributed by atoms with E-state index in [1.54, 1.807) is 0 Å². The van der Waals surface area contributed by atoms with Crippen molar-refractivity contribution in [3.8, 4) is 39.2 Å². The van der Waals surface area contributed by atoms with Crippen LogP contribution in [0.15, 0.2) is 212 Å². The van der Waals surface area contributed by atoms with Gasteiger partial charge in [-0.15, -0.1) is 11.3 Å². The Morgan fingerprint density at radius 2 is 0.984 bits per heavy atom. The van der Waals surface area contributed by atoms with Gasteiger partial charge in [0.25, 0.3) is 0 Å². The lowest BCUT2D eigenvalue weighted by atomic mass is 9.91. The molecule has 0 aliphatic carbocycles. The summed E-state index contributed by atoms with van der Waals surface area (Å²) >= 11 is 1.82. The zero-order chi connectivity index (χ0) is 41.9. The minimum Gasteiger partial charge on any atom is -0.336 e. The second-order valence-electron chi connectivity index (χ2n) is 17.1. The van der Waals surface area contributed by atoms with Crippen LogP contribution in [0.4, 0.5) is 11.4 Å². The van der Waals surface area contributed by atoms with E-state index in [0.717, 1.165) is 17.8 Å². The van der Waals surface area contributed by atoms with E-state index >= 15 is 0 Å². The van der Waals surface area contributed by atoms with Crippen molar-refractivity contribution in [1.29, 1.82) is 0 Å². The van der Waals surface area contributed by atoms with Crippen LogP contribution in [0, 0.1) is 0 Å². The first-order valence-corrected chi connectivity index (χ1v) is 22.8. The van der Waals surface area contributed by atoms with Gasteiger partial charge >= 0.3 is 0 Å². The maximum Gasteiger partial charge on any atom is 0.0709 e. The van der Waals surface area contributed by atoms with Gasteiger partial charge in [-0.25, -0.2) is 0 Å². The Balaban J connectivity index is 0.863. The van der Waals surface area contributed by atoms with E-state index in [0.29, 0.717) is 0 Å². The molecule has 0 saturated heterocycles. The van der Waals surface area contributed by atoms with Crippen LogP contribution in [0.1, 0.15) is 5.56 Å². The van der Waals surface area contributed by atoms with Gasteiger partial charge in [-0.1, -0.05) is 140 Å². The van der Waals surface area contributed by atoms with Crippen molar-refractivity contribution in [3.05, 3.63) is 218 Å². The quantitative estimate of drug-likeness (QED) is 0.165. The molecule has 0 saturated carbocycles. The molecule has 13 aromatic rings. The molecule has 0 bridgehead atoms. The van der Waals surface area contributed by atoms with Gasteiger partial charge in [-0.3, -0.25) is 4.98 Å². The first-order chi connectivity index (χ1) is 31.7. The number of anilines is 2. The number of hydrogen-bond donors (Lipinski definition) is 0. The number of fused-ring (bicyclic) bond motifs is 15. The summed E-state index contributed by atoms with van der Waals surface area (Å²) in [6, 6.07) is 76.1. The van der Waals surface area contributed by atoms with Crippen molar-refractivity contribution >= 4 is 97.0 Å². The molecule has 1 aliphatic heterocycles. The third-order valence-corrected chi connectivity index (χ3v) is 14.8. The van der Waals surface area contributed by atoms with Crippen molar-refractivity contribution < 1.29 is 0 Å². The fraction of sp³-hybridized carbons (Fsp3) is 0.0167. The molecule has 4 heteroatoms. The van der Waals surface area contributed by atoms with Crippen molar-refractivity contribution in [2.24, 2.45) is 0 Å². The largest absolute Gasteiger partial charge is 0.336 e. The fourth-order valence-electron chi connectivity index (χ4n) is 10.7. The Hall–Kier alpha value is -8.05. The van der Waals surface area contributed by atoms with Crippen molar-refractivity contribution in [2.45, 2.75) is 6.54 Å². The molecule has 298 valence electrons. The van der Waals surface area contributed by atoms with Crippen LogP contribution in [0.2, 0.25) is 0 Å². The summed E-state index contributed by atoms with van der Waals surface area (Å²) in [5.74, 6) is 0.